The van der Waals surface area contributed by atoms with Gasteiger partial charge < -0.3 is 18.9 Å². The third kappa shape index (κ3) is 3.15. The summed E-state index contributed by atoms with van der Waals surface area (Å²) >= 11 is 0. The summed E-state index contributed by atoms with van der Waals surface area (Å²) in [5, 5.41) is 0. The number of amides is 1. The molecule has 1 aliphatic carbocycles. The van der Waals surface area contributed by atoms with Gasteiger partial charge in [-0.2, -0.15) is 0 Å². The first-order chi connectivity index (χ1) is 11.1. The van der Waals surface area contributed by atoms with Gasteiger partial charge in [-0.1, -0.05) is 0 Å². The lowest BCUT2D eigenvalue weighted by Crippen LogP contribution is -2.41. The van der Waals surface area contributed by atoms with E-state index in [0.29, 0.717) is 16.9 Å². The van der Waals surface area contributed by atoms with Crippen LogP contribution in [0.25, 0.3) is 0 Å². The van der Waals surface area contributed by atoms with Gasteiger partial charge in [-0.05, 0) is 46.6 Å². The van der Waals surface area contributed by atoms with Crippen LogP contribution in [0.15, 0.2) is 12.3 Å². The Morgan fingerprint density at radius 1 is 1.25 bits per heavy atom. The molecule has 2 heterocycles. The Bertz CT molecular complexity index is 640. The lowest BCUT2D eigenvalue weighted by Gasteiger charge is -2.32. The maximum atomic E-state index is 12.3. The highest BCUT2D eigenvalue weighted by molar-refractivity contribution is 6.61. The second-order valence-corrected chi connectivity index (χ2v) is 7.71. The highest BCUT2D eigenvalue weighted by Crippen LogP contribution is 2.37. The number of rotatable bonds is 4. The number of carbonyl (C=O) groups excluding carboxylic acids is 1. The van der Waals surface area contributed by atoms with Gasteiger partial charge in [0.05, 0.1) is 28.5 Å². The van der Waals surface area contributed by atoms with Gasteiger partial charge in [-0.25, -0.2) is 0 Å². The van der Waals surface area contributed by atoms with E-state index in [4.69, 9.17) is 14.0 Å². The molecule has 1 saturated heterocycles. The summed E-state index contributed by atoms with van der Waals surface area (Å²) in [6, 6.07) is 1.78. The molecule has 130 valence electrons. The van der Waals surface area contributed by atoms with Gasteiger partial charge in [0.1, 0.15) is 5.75 Å². The van der Waals surface area contributed by atoms with Crippen LogP contribution in [-0.4, -0.2) is 54.3 Å². The molecule has 0 aromatic carbocycles. The molecule has 1 amide bonds. The van der Waals surface area contributed by atoms with Crippen LogP contribution in [0.4, 0.5) is 0 Å². The van der Waals surface area contributed by atoms with Crippen molar-refractivity contribution in [2.45, 2.75) is 57.8 Å². The smallest absolute Gasteiger partial charge is 0.489 e. The van der Waals surface area contributed by atoms with E-state index in [1.807, 2.05) is 27.7 Å². The molecule has 0 N–H and O–H groups in total. The fourth-order valence-corrected chi connectivity index (χ4v) is 2.41. The van der Waals surface area contributed by atoms with Crippen LogP contribution in [0.5, 0.6) is 5.75 Å². The summed E-state index contributed by atoms with van der Waals surface area (Å²) in [4.78, 5) is 18.3. The van der Waals surface area contributed by atoms with E-state index in [9.17, 15) is 4.79 Å². The lowest BCUT2D eigenvalue weighted by molar-refractivity contribution is 0.00578. The molecule has 3 rings (SSSR count). The molecule has 24 heavy (non-hydrogen) atoms. The van der Waals surface area contributed by atoms with E-state index in [-0.39, 0.29) is 12.0 Å². The third-order valence-corrected chi connectivity index (χ3v) is 4.84. The van der Waals surface area contributed by atoms with Crippen LogP contribution in [0, 0.1) is 0 Å². The quantitative estimate of drug-likeness (QED) is 0.784. The molecule has 0 radical (unpaired) electrons. The van der Waals surface area contributed by atoms with Crippen LogP contribution in [0.1, 0.15) is 50.9 Å². The third-order valence-electron chi connectivity index (χ3n) is 4.84. The summed E-state index contributed by atoms with van der Waals surface area (Å²) in [6.07, 6.45) is 3.78. The maximum absolute atomic E-state index is 12.3. The lowest BCUT2D eigenvalue weighted by atomic mass is 9.84. The fourth-order valence-electron chi connectivity index (χ4n) is 2.41. The summed E-state index contributed by atoms with van der Waals surface area (Å²) in [5.74, 6) is 0.425. The molecular formula is C17H25BN2O4. The largest absolute Gasteiger partial charge is 0.514 e. The van der Waals surface area contributed by atoms with Gasteiger partial charge in [-0.15, -0.1) is 0 Å². The monoisotopic (exact) mass is 332 g/mol. The Labute approximate surface area is 143 Å². The van der Waals surface area contributed by atoms with Crippen molar-refractivity contribution in [3.8, 4) is 5.75 Å². The Balaban J connectivity index is 1.91. The van der Waals surface area contributed by atoms with Crippen molar-refractivity contribution in [1.82, 2.24) is 9.88 Å². The Kier molecular flexibility index (Phi) is 4.12. The topological polar surface area (TPSA) is 60.9 Å². The van der Waals surface area contributed by atoms with Crippen molar-refractivity contribution in [1.29, 1.82) is 0 Å². The van der Waals surface area contributed by atoms with Crippen LogP contribution >= 0.6 is 0 Å². The predicted octanol–water partition coefficient (Wildman–Crippen LogP) is 1.62. The summed E-state index contributed by atoms with van der Waals surface area (Å²) in [6.45, 7) is 7.99. The first kappa shape index (κ1) is 17.2. The fraction of sp³-hybridized carbons (Fsp3) is 0.647. The average molecular weight is 332 g/mol. The van der Waals surface area contributed by atoms with Gasteiger partial charge in [0.2, 0.25) is 0 Å². The van der Waals surface area contributed by atoms with Crippen LogP contribution in [0.3, 0.4) is 0 Å². The van der Waals surface area contributed by atoms with Crippen molar-refractivity contribution < 1.29 is 18.8 Å². The maximum Gasteiger partial charge on any atom is 0.514 e. The molecule has 0 atom stereocenters. The molecule has 6 nitrogen and oxygen atoms in total. The van der Waals surface area contributed by atoms with Gasteiger partial charge in [0, 0.05) is 20.3 Å². The highest BCUT2D eigenvalue weighted by atomic mass is 16.7. The second-order valence-electron chi connectivity index (χ2n) is 7.71. The van der Waals surface area contributed by atoms with Gasteiger partial charge in [-0.3, -0.25) is 9.78 Å². The Morgan fingerprint density at radius 2 is 1.83 bits per heavy atom. The number of aromatic nitrogens is 1. The van der Waals surface area contributed by atoms with Gasteiger partial charge >= 0.3 is 7.12 Å². The SMILES string of the molecule is CN(C)C(=O)c1cnc(B2OC(C)(C)C(C)(C)O2)cc1OC1CC1. The molecule has 0 spiro atoms. The zero-order valence-electron chi connectivity index (χ0n) is 15.3. The van der Waals surface area contributed by atoms with Gasteiger partial charge in [0.15, 0.2) is 0 Å². The molecule has 0 unspecified atom stereocenters. The summed E-state index contributed by atoms with van der Waals surface area (Å²) in [5.41, 5.74) is 0.219. The number of nitrogens with zero attached hydrogens (tertiary/aromatic N) is 2. The van der Waals surface area contributed by atoms with Crippen LogP contribution in [-0.2, 0) is 9.31 Å². The molecule has 1 aromatic rings. The minimum Gasteiger partial charge on any atom is -0.489 e. The minimum atomic E-state index is -0.569. The Morgan fingerprint density at radius 3 is 2.33 bits per heavy atom. The summed E-state index contributed by atoms with van der Waals surface area (Å²) in [7, 11) is 2.86. The summed E-state index contributed by atoms with van der Waals surface area (Å²) < 4.78 is 18.0. The number of carbonyl (C=O) groups is 1. The number of ether oxygens (including phenoxy) is 1. The molecule has 7 heteroatoms. The van der Waals surface area contributed by atoms with Crippen LogP contribution < -0.4 is 10.3 Å². The molecular weight excluding hydrogens is 307 g/mol. The van der Waals surface area contributed by atoms with E-state index in [1.165, 1.54) is 4.90 Å². The van der Waals surface area contributed by atoms with Gasteiger partial charge in [0.25, 0.3) is 5.91 Å². The molecule has 2 fully saturated rings. The highest BCUT2D eigenvalue weighted by Gasteiger charge is 2.52. The van der Waals surface area contributed by atoms with E-state index in [1.54, 1.807) is 26.4 Å². The molecule has 1 aliphatic heterocycles. The predicted molar refractivity (Wildman–Crippen MR) is 91.6 cm³/mol. The van der Waals surface area contributed by atoms with E-state index >= 15 is 0 Å². The van der Waals surface area contributed by atoms with E-state index < -0.39 is 18.3 Å². The van der Waals surface area contributed by atoms with Crippen molar-refractivity contribution in [3.63, 3.8) is 0 Å². The number of hydrogen-bond donors (Lipinski definition) is 0. The standard InChI is InChI=1S/C17H25BN2O4/c1-16(2)17(3,4)24-18(23-16)14-9-13(22-11-7-8-11)12(10-19-14)15(21)20(5)6/h9-11H,7-8H2,1-6H3. The molecule has 1 aromatic heterocycles. The molecule has 2 aliphatic rings. The van der Waals surface area contributed by atoms with Crippen molar-refractivity contribution in [2.75, 3.05) is 14.1 Å². The van der Waals surface area contributed by atoms with Crippen molar-refractivity contribution in [3.05, 3.63) is 17.8 Å². The van der Waals surface area contributed by atoms with Crippen LogP contribution in [0.2, 0.25) is 0 Å². The zero-order chi connectivity index (χ0) is 17.7. The Hall–Kier alpha value is -1.60. The normalized spacial score (nSPS) is 21.7. The van der Waals surface area contributed by atoms with Crippen molar-refractivity contribution >= 4 is 18.6 Å². The van der Waals surface area contributed by atoms with E-state index in [0.717, 1.165) is 12.8 Å². The zero-order valence-corrected chi connectivity index (χ0v) is 15.3. The average Bonchev–Trinajstić information content (AvgIpc) is 3.25. The molecule has 0 bridgehead atoms. The van der Waals surface area contributed by atoms with E-state index in [2.05, 4.69) is 4.98 Å². The minimum absolute atomic E-state index is 0.126. The second kappa shape index (κ2) is 5.74. The first-order valence-electron chi connectivity index (χ1n) is 8.34. The first-order valence-corrected chi connectivity index (χ1v) is 8.34. The number of pyridine rings is 1. The molecule has 1 saturated carbocycles. The number of hydrogen-bond acceptors (Lipinski definition) is 5. The van der Waals surface area contributed by atoms with Crippen molar-refractivity contribution in [2.24, 2.45) is 0 Å².